The fourth-order valence-corrected chi connectivity index (χ4v) is 3.19. The lowest BCUT2D eigenvalue weighted by Crippen LogP contribution is -2.35. The lowest BCUT2D eigenvalue weighted by Gasteiger charge is -2.22. The van der Waals surface area contributed by atoms with Gasteiger partial charge >= 0.3 is 0 Å². The van der Waals surface area contributed by atoms with E-state index in [4.69, 9.17) is 5.73 Å². The molecule has 0 radical (unpaired) electrons. The highest BCUT2D eigenvalue weighted by Gasteiger charge is 2.29. The molecule has 4 rings (SSSR count). The van der Waals surface area contributed by atoms with Crippen LogP contribution in [0.5, 0.6) is 5.75 Å². The number of rotatable bonds is 5. The third-order valence-electron chi connectivity index (χ3n) is 4.97. The molecule has 5 N–H and O–H groups in total. The van der Waals surface area contributed by atoms with Crippen LogP contribution < -0.4 is 21.5 Å². The SMILES string of the molecule is Cc1ccc(C(=O)NC2CC2)cc1N1NCC(C(=O)c2cccc(O)c2)=C1N. The minimum Gasteiger partial charge on any atom is -0.508 e. The number of hydrogen-bond donors (Lipinski definition) is 4. The summed E-state index contributed by atoms with van der Waals surface area (Å²) in [6.07, 6.45) is 2.04. The van der Waals surface area contributed by atoms with Crippen molar-refractivity contribution in [2.24, 2.45) is 5.73 Å². The van der Waals surface area contributed by atoms with Crippen LogP contribution >= 0.6 is 0 Å². The largest absolute Gasteiger partial charge is 0.508 e. The van der Waals surface area contributed by atoms with Crippen molar-refractivity contribution in [3.05, 3.63) is 70.5 Å². The van der Waals surface area contributed by atoms with E-state index in [9.17, 15) is 14.7 Å². The van der Waals surface area contributed by atoms with Crippen molar-refractivity contribution < 1.29 is 14.7 Å². The summed E-state index contributed by atoms with van der Waals surface area (Å²) in [7, 11) is 0. The van der Waals surface area contributed by atoms with E-state index in [1.807, 2.05) is 13.0 Å². The number of hydrogen-bond acceptors (Lipinski definition) is 6. The Kier molecular flexibility index (Phi) is 4.52. The molecule has 2 aliphatic rings. The number of nitrogens with one attached hydrogen (secondary N) is 2. The number of aromatic hydroxyl groups is 1. The molecule has 0 saturated heterocycles. The van der Waals surface area contributed by atoms with Gasteiger partial charge in [0.15, 0.2) is 5.78 Å². The van der Waals surface area contributed by atoms with Crippen molar-refractivity contribution in [3.63, 3.8) is 0 Å². The summed E-state index contributed by atoms with van der Waals surface area (Å²) in [5.41, 5.74) is 12.4. The highest BCUT2D eigenvalue weighted by Crippen LogP contribution is 2.28. The lowest BCUT2D eigenvalue weighted by atomic mass is 10.0. The Hall–Kier alpha value is -3.32. The van der Waals surface area contributed by atoms with Crippen LogP contribution in [-0.4, -0.2) is 29.4 Å². The van der Waals surface area contributed by atoms with Crippen molar-refractivity contribution in [2.45, 2.75) is 25.8 Å². The molecule has 0 spiro atoms. The van der Waals surface area contributed by atoms with Crippen LogP contribution in [0.15, 0.2) is 53.9 Å². The van der Waals surface area contributed by atoms with Crippen molar-refractivity contribution in [1.82, 2.24) is 10.7 Å². The Bertz CT molecular complexity index is 995. The second-order valence-electron chi connectivity index (χ2n) is 7.16. The predicted molar refractivity (Wildman–Crippen MR) is 106 cm³/mol. The number of Topliss-reactive ketones (excluding diaryl/α,β-unsaturated/α-hetero) is 1. The molecule has 1 fully saturated rings. The summed E-state index contributed by atoms with van der Waals surface area (Å²) in [5.74, 6) is -0.0421. The quantitative estimate of drug-likeness (QED) is 0.593. The molecule has 7 nitrogen and oxygen atoms in total. The maximum absolute atomic E-state index is 12.8. The van der Waals surface area contributed by atoms with Crippen LogP contribution in [0.1, 0.15) is 39.1 Å². The molecule has 7 heteroatoms. The average molecular weight is 378 g/mol. The van der Waals surface area contributed by atoms with E-state index in [0.29, 0.717) is 16.7 Å². The van der Waals surface area contributed by atoms with Crippen LogP contribution in [0.4, 0.5) is 5.69 Å². The van der Waals surface area contributed by atoms with Gasteiger partial charge < -0.3 is 16.2 Å². The first kappa shape index (κ1) is 18.1. The highest BCUT2D eigenvalue weighted by atomic mass is 16.3. The van der Waals surface area contributed by atoms with Gasteiger partial charge in [-0.25, -0.2) is 5.43 Å². The number of hydrazine groups is 1. The fraction of sp³-hybridized carbons (Fsp3) is 0.238. The van der Waals surface area contributed by atoms with Gasteiger partial charge in [0.2, 0.25) is 0 Å². The number of phenols is 1. The van der Waals surface area contributed by atoms with Crippen molar-refractivity contribution in [1.29, 1.82) is 0 Å². The fourth-order valence-electron chi connectivity index (χ4n) is 3.19. The van der Waals surface area contributed by atoms with Crippen LogP contribution in [0.2, 0.25) is 0 Å². The van der Waals surface area contributed by atoms with E-state index in [1.165, 1.54) is 12.1 Å². The van der Waals surface area contributed by atoms with Gasteiger partial charge in [-0.05, 0) is 49.6 Å². The second-order valence-corrected chi connectivity index (χ2v) is 7.16. The van der Waals surface area contributed by atoms with Crippen molar-refractivity contribution >= 4 is 17.4 Å². The van der Waals surface area contributed by atoms with E-state index in [1.54, 1.807) is 29.3 Å². The van der Waals surface area contributed by atoms with Crippen molar-refractivity contribution in [3.8, 4) is 5.75 Å². The maximum atomic E-state index is 12.8. The van der Waals surface area contributed by atoms with E-state index in [2.05, 4.69) is 10.7 Å². The zero-order valence-corrected chi connectivity index (χ0v) is 15.5. The summed E-state index contributed by atoms with van der Waals surface area (Å²) >= 11 is 0. The first-order valence-electron chi connectivity index (χ1n) is 9.21. The highest BCUT2D eigenvalue weighted by molar-refractivity contribution is 6.10. The number of carbonyl (C=O) groups is 2. The summed E-state index contributed by atoms with van der Waals surface area (Å²) in [5, 5.41) is 14.2. The van der Waals surface area contributed by atoms with Gasteiger partial charge in [-0.1, -0.05) is 18.2 Å². The van der Waals surface area contributed by atoms with Gasteiger partial charge in [0.25, 0.3) is 5.91 Å². The third-order valence-corrected chi connectivity index (χ3v) is 4.97. The molecular weight excluding hydrogens is 356 g/mol. The molecule has 0 unspecified atom stereocenters. The minimum absolute atomic E-state index is 0.0260. The van der Waals surface area contributed by atoms with Crippen LogP contribution in [0.25, 0.3) is 0 Å². The van der Waals surface area contributed by atoms with Gasteiger partial charge in [-0.15, -0.1) is 0 Å². The first-order chi connectivity index (χ1) is 13.4. The molecule has 1 amide bonds. The molecule has 0 aromatic heterocycles. The maximum Gasteiger partial charge on any atom is 0.251 e. The van der Waals surface area contributed by atoms with E-state index in [-0.39, 0.29) is 35.8 Å². The molecule has 0 atom stereocenters. The molecule has 2 aromatic rings. The molecule has 28 heavy (non-hydrogen) atoms. The summed E-state index contributed by atoms with van der Waals surface area (Å²) < 4.78 is 0. The smallest absolute Gasteiger partial charge is 0.251 e. The molecule has 1 saturated carbocycles. The molecule has 0 bridgehead atoms. The number of aryl methyl sites for hydroxylation is 1. The summed E-state index contributed by atoms with van der Waals surface area (Å²) in [4.78, 5) is 25.2. The normalized spacial score (nSPS) is 16.4. The molecule has 1 heterocycles. The number of ketones is 1. The number of nitrogens with zero attached hydrogens (tertiary/aromatic N) is 1. The van der Waals surface area contributed by atoms with E-state index in [0.717, 1.165) is 24.1 Å². The van der Waals surface area contributed by atoms with E-state index < -0.39 is 0 Å². The zero-order chi connectivity index (χ0) is 19.8. The minimum atomic E-state index is -0.247. The number of anilines is 1. The Morgan fingerprint density at radius 2 is 1.96 bits per heavy atom. The van der Waals surface area contributed by atoms with Gasteiger partial charge in [0, 0.05) is 23.7 Å². The third kappa shape index (κ3) is 3.44. The Balaban J connectivity index is 1.62. The van der Waals surface area contributed by atoms with Crippen LogP contribution in [0.3, 0.4) is 0 Å². The van der Waals surface area contributed by atoms with Crippen molar-refractivity contribution in [2.75, 3.05) is 11.6 Å². The van der Waals surface area contributed by atoms with Gasteiger partial charge in [-0.2, -0.15) is 0 Å². The molecule has 144 valence electrons. The van der Waals surface area contributed by atoms with Crippen LogP contribution in [0, 0.1) is 6.92 Å². The Morgan fingerprint density at radius 3 is 2.68 bits per heavy atom. The van der Waals surface area contributed by atoms with Gasteiger partial charge in [-0.3, -0.25) is 14.6 Å². The first-order valence-corrected chi connectivity index (χ1v) is 9.21. The number of phenolic OH excluding ortho intramolecular Hbond substituents is 1. The molecule has 1 aliphatic heterocycles. The topological polar surface area (TPSA) is 108 Å². The second kappa shape index (κ2) is 7.01. The number of benzene rings is 2. The molecule has 1 aliphatic carbocycles. The Morgan fingerprint density at radius 1 is 1.18 bits per heavy atom. The number of amides is 1. The van der Waals surface area contributed by atoms with Crippen LogP contribution in [-0.2, 0) is 0 Å². The lowest BCUT2D eigenvalue weighted by molar-refractivity contribution is 0.0950. The predicted octanol–water partition coefficient (Wildman–Crippen LogP) is 1.97. The standard InChI is InChI=1S/C21H22N4O3/c1-12-5-6-14(21(28)24-15-7-8-15)10-18(12)25-20(22)17(11-23-25)19(27)13-3-2-4-16(26)9-13/h2-6,9-10,15,23,26H,7-8,11,22H2,1H3,(H,24,28). The van der Waals surface area contributed by atoms with Gasteiger partial charge in [0.1, 0.15) is 11.6 Å². The zero-order valence-electron chi connectivity index (χ0n) is 15.5. The Labute approximate surface area is 162 Å². The number of carbonyl (C=O) groups excluding carboxylic acids is 2. The van der Waals surface area contributed by atoms with E-state index >= 15 is 0 Å². The average Bonchev–Trinajstić information content (AvgIpc) is 3.41. The van der Waals surface area contributed by atoms with Gasteiger partial charge in [0.05, 0.1) is 11.3 Å². The molecule has 2 aromatic carbocycles. The summed E-state index contributed by atoms with van der Waals surface area (Å²) in [6.45, 7) is 2.18. The molecular formula is C21H22N4O3. The summed E-state index contributed by atoms with van der Waals surface area (Å²) in [6, 6.07) is 11.9. The monoisotopic (exact) mass is 378 g/mol. The number of nitrogens with two attached hydrogens (primary N) is 1.